The summed E-state index contributed by atoms with van der Waals surface area (Å²) in [6.45, 7) is 0.978. The smallest absolute Gasteiger partial charge is 0.229 e. The Hall–Kier alpha value is -2.40. The lowest BCUT2D eigenvalue weighted by Crippen LogP contribution is -2.25. The molecule has 4 nitrogen and oxygen atoms in total. The van der Waals surface area contributed by atoms with E-state index < -0.39 is 0 Å². The first-order valence-corrected chi connectivity index (χ1v) is 8.80. The van der Waals surface area contributed by atoms with Gasteiger partial charge in [0.05, 0.1) is 0 Å². The summed E-state index contributed by atoms with van der Waals surface area (Å²) < 4.78 is 1.05. The highest BCUT2D eigenvalue weighted by Crippen LogP contribution is 2.32. The van der Waals surface area contributed by atoms with Crippen LogP contribution in [-0.2, 0) is 6.42 Å². The van der Waals surface area contributed by atoms with Gasteiger partial charge in [-0.25, -0.2) is 4.98 Å². The number of fused-ring (bicyclic) bond motifs is 1. The van der Waals surface area contributed by atoms with E-state index in [2.05, 4.69) is 55.4 Å². The van der Waals surface area contributed by atoms with Crippen molar-refractivity contribution in [2.24, 2.45) is 0 Å². The SMILES string of the molecule is Brc1ccc(Nc2nccc(N3CCCc4ccccc43)n2)cc1. The number of nitrogens with one attached hydrogen (secondary N) is 1. The third-order valence-corrected chi connectivity index (χ3v) is 4.66. The first-order chi connectivity index (χ1) is 11.8. The van der Waals surface area contributed by atoms with Crippen LogP contribution in [0.1, 0.15) is 12.0 Å². The van der Waals surface area contributed by atoms with Crippen molar-refractivity contribution in [1.29, 1.82) is 0 Å². The number of anilines is 4. The van der Waals surface area contributed by atoms with E-state index in [-0.39, 0.29) is 0 Å². The molecule has 2 aromatic carbocycles. The fourth-order valence-corrected chi connectivity index (χ4v) is 3.26. The zero-order chi connectivity index (χ0) is 16.4. The van der Waals surface area contributed by atoms with E-state index in [1.54, 1.807) is 6.20 Å². The number of aryl methyl sites for hydroxylation is 1. The van der Waals surface area contributed by atoms with Crippen LogP contribution in [0.4, 0.5) is 23.1 Å². The van der Waals surface area contributed by atoms with Gasteiger partial charge in [-0.15, -0.1) is 0 Å². The van der Waals surface area contributed by atoms with Crippen LogP contribution in [-0.4, -0.2) is 16.5 Å². The first-order valence-electron chi connectivity index (χ1n) is 8.01. The quantitative estimate of drug-likeness (QED) is 0.688. The summed E-state index contributed by atoms with van der Waals surface area (Å²) >= 11 is 3.44. The molecular formula is C19H17BrN4. The van der Waals surface area contributed by atoms with E-state index in [0.717, 1.165) is 35.4 Å². The molecule has 2 heterocycles. The normalized spacial score (nSPS) is 13.5. The molecule has 0 saturated carbocycles. The summed E-state index contributed by atoms with van der Waals surface area (Å²) in [7, 11) is 0. The van der Waals surface area contributed by atoms with Crippen molar-refractivity contribution in [3.8, 4) is 0 Å². The lowest BCUT2D eigenvalue weighted by molar-refractivity contribution is 0.759. The summed E-state index contributed by atoms with van der Waals surface area (Å²) in [5, 5.41) is 3.26. The van der Waals surface area contributed by atoms with Crippen molar-refractivity contribution in [3.63, 3.8) is 0 Å². The summed E-state index contributed by atoms with van der Waals surface area (Å²) in [6, 6.07) is 18.5. The molecule has 0 saturated heterocycles. The maximum absolute atomic E-state index is 4.70. The molecular weight excluding hydrogens is 364 g/mol. The standard InChI is InChI=1S/C19H17BrN4/c20-15-7-9-16(10-8-15)22-19-21-12-11-18(23-19)24-13-3-5-14-4-1-2-6-17(14)24/h1-2,4,6-12H,3,5,13H2,(H,21,22,23). The summed E-state index contributed by atoms with van der Waals surface area (Å²) in [5.41, 5.74) is 3.59. The number of nitrogens with zero attached hydrogens (tertiary/aromatic N) is 3. The Balaban J connectivity index is 1.62. The van der Waals surface area contributed by atoms with Crippen LogP contribution >= 0.6 is 15.9 Å². The minimum absolute atomic E-state index is 0.609. The number of aromatic nitrogens is 2. The van der Waals surface area contributed by atoms with Crippen LogP contribution in [0.2, 0.25) is 0 Å². The van der Waals surface area contributed by atoms with Crippen LogP contribution in [0.3, 0.4) is 0 Å². The molecule has 0 aliphatic carbocycles. The molecule has 0 amide bonds. The van der Waals surface area contributed by atoms with Gasteiger partial charge in [-0.05, 0) is 54.8 Å². The van der Waals surface area contributed by atoms with Crippen molar-refractivity contribution in [3.05, 3.63) is 70.8 Å². The number of benzene rings is 2. The zero-order valence-corrected chi connectivity index (χ0v) is 14.7. The van der Waals surface area contributed by atoms with Gasteiger partial charge in [0.2, 0.25) is 5.95 Å². The average molecular weight is 381 g/mol. The number of rotatable bonds is 3. The molecule has 0 radical (unpaired) electrons. The summed E-state index contributed by atoms with van der Waals surface area (Å²) in [6.07, 6.45) is 4.07. The molecule has 1 aliphatic heterocycles. The maximum Gasteiger partial charge on any atom is 0.229 e. The molecule has 0 bridgehead atoms. The summed E-state index contributed by atoms with van der Waals surface area (Å²) in [4.78, 5) is 11.3. The van der Waals surface area contributed by atoms with Crippen molar-refractivity contribution in [1.82, 2.24) is 9.97 Å². The molecule has 24 heavy (non-hydrogen) atoms. The average Bonchev–Trinajstić information content (AvgIpc) is 2.63. The van der Waals surface area contributed by atoms with Crippen molar-refractivity contribution in [2.45, 2.75) is 12.8 Å². The molecule has 0 fully saturated rings. The van der Waals surface area contributed by atoms with Gasteiger partial charge in [0, 0.05) is 28.6 Å². The van der Waals surface area contributed by atoms with E-state index >= 15 is 0 Å². The second kappa shape index (κ2) is 6.61. The number of hydrogen-bond acceptors (Lipinski definition) is 4. The molecule has 0 atom stereocenters. The van der Waals surface area contributed by atoms with E-state index in [9.17, 15) is 0 Å². The van der Waals surface area contributed by atoms with Crippen molar-refractivity contribution < 1.29 is 0 Å². The third kappa shape index (κ3) is 3.12. The topological polar surface area (TPSA) is 41.1 Å². The Morgan fingerprint density at radius 1 is 1.00 bits per heavy atom. The molecule has 1 aromatic heterocycles. The molecule has 5 heteroatoms. The molecule has 3 aromatic rings. The molecule has 1 aliphatic rings. The first kappa shape index (κ1) is 15.1. The van der Waals surface area contributed by atoms with Gasteiger partial charge in [-0.3, -0.25) is 0 Å². The minimum atomic E-state index is 0.609. The molecule has 0 spiro atoms. The van der Waals surface area contributed by atoms with Gasteiger partial charge in [0.1, 0.15) is 5.82 Å². The van der Waals surface area contributed by atoms with Crippen LogP contribution in [0, 0.1) is 0 Å². The lowest BCUT2D eigenvalue weighted by Gasteiger charge is -2.30. The van der Waals surface area contributed by atoms with Crippen LogP contribution in [0.5, 0.6) is 0 Å². The second-order valence-corrected chi connectivity index (χ2v) is 6.67. The fraction of sp³-hybridized carbons (Fsp3) is 0.158. The predicted octanol–water partition coefficient (Wildman–Crippen LogP) is 5.07. The molecule has 1 N–H and O–H groups in total. The Morgan fingerprint density at radius 3 is 2.71 bits per heavy atom. The van der Waals surface area contributed by atoms with Crippen LogP contribution in [0.25, 0.3) is 0 Å². The van der Waals surface area contributed by atoms with Gasteiger partial charge in [0.25, 0.3) is 0 Å². The highest BCUT2D eigenvalue weighted by molar-refractivity contribution is 9.10. The Kier molecular flexibility index (Phi) is 4.17. The molecule has 120 valence electrons. The highest BCUT2D eigenvalue weighted by atomic mass is 79.9. The Morgan fingerprint density at radius 2 is 1.83 bits per heavy atom. The van der Waals surface area contributed by atoms with Gasteiger partial charge in [-0.1, -0.05) is 34.1 Å². The van der Waals surface area contributed by atoms with Crippen LogP contribution in [0.15, 0.2) is 65.3 Å². The molecule has 0 unspecified atom stereocenters. The monoisotopic (exact) mass is 380 g/mol. The number of halogens is 1. The maximum atomic E-state index is 4.70. The van der Waals surface area contributed by atoms with E-state index in [4.69, 9.17) is 4.98 Å². The van der Waals surface area contributed by atoms with E-state index in [0.29, 0.717) is 5.95 Å². The lowest BCUT2D eigenvalue weighted by atomic mass is 10.0. The predicted molar refractivity (Wildman–Crippen MR) is 101 cm³/mol. The highest BCUT2D eigenvalue weighted by Gasteiger charge is 2.19. The Bertz CT molecular complexity index is 848. The van der Waals surface area contributed by atoms with Gasteiger partial charge >= 0.3 is 0 Å². The van der Waals surface area contributed by atoms with Crippen molar-refractivity contribution >= 4 is 39.1 Å². The second-order valence-electron chi connectivity index (χ2n) is 5.75. The number of para-hydroxylation sites is 1. The largest absolute Gasteiger partial charge is 0.326 e. The van der Waals surface area contributed by atoms with Gasteiger partial charge < -0.3 is 10.2 Å². The fourth-order valence-electron chi connectivity index (χ4n) is 2.99. The van der Waals surface area contributed by atoms with Gasteiger partial charge in [0.15, 0.2) is 0 Å². The molecule has 4 rings (SSSR count). The Labute approximate surface area is 149 Å². The van der Waals surface area contributed by atoms with Gasteiger partial charge in [-0.2, -0.15) is 4.98 Å². The summed E-state index contributed by atoms with van der Waals surface area (Å²) in [5.74, 6) is 1.54. The minimum Gasteiger partial charge on any atom is -0.326 e. The zero-order valence-electron chi connectivity index (χ0n) is 13.1. The van der Waals surface area contributed by atoms with Crippen molar-refractivity contribution in [2.75, 3.05) is 16.8 Å². The van der Waals surface area contributed by atoms with E-state index in [1.165, 1.54) is 11.3 Å². The van der Waals surface area contributed by atoms with Crippen LogP contribution < -0.4 is 10.2 Å². The van der Waals surface area contributed by atoms with E-state index in [1.807, 2.05) is 30.3 Å². The third-order valence-electron chi connectivity index (χ3n) is 4.13. The number of hydrogen-bond donors (Lipinski definition) is 1.